The Morgan fingerprint density at radius 1 is 1.35 bits per heavy atom. The standard InChI is InChI=1S/C12H20O5/c1-4-16-11(15)7-5-6-8-17-12(2,3)9-10(13)14/h5,7H,4,6,8-9H2,1-3H3,(H,13,14)/b7-5+. The molecule has 0 heterocycles. The van der Waals surface area contributed by atoms with E-state index >= 15 is 0 Å². The van der Waals surface area contributed by atoms with Crippen LogP contribution in [0.3, 0.4) is 0 Å². The van der Waals surface area contributed by atoms with Crippen molar-refractivity contribution in [2.75, 3.05) is 13.2 Å². The van der Waals surface area contributed by atoms with Crippen LogP contribution in [0.15, 0.2) is 12.2 Å². The predicted octanol–water partition coefficient (Wildman–Crippen LogP) is 1.77. The highest BCUT2D eigenvalue weighted by Crippen LogP contribution is 2.14. The third kappa shape index (κ3) is 9.56. The molecule has 0 amide bonds. The second kappa shape index (κ2) is 7.84. The Morgan fingerprint density at radius 2 is 2.00 bits per heavy atom. The summed E-state index contributed by atoms with van der Waals surface area (Å²) in [6.07, 6.45) is 3.49. The number of carboxylic acid groups (broad SMARTS) is 1. The summed E-state index contributed by atoms with van der Waals surface area (Å²) in [7, 11) is 0. The van der Waals surface area contributed by atoms with Gasteiger partial charge in [-0.05, 0) is 27.2 Å². The summed E-state index contributed by atoms with van der Waals surface area (Å²) in [5, 5.41) is 8.63. The fourth-order valence-corrected chi connectivity index (χ4v) is 1.19. The van der Waals surface area contributed by atoms with Crippen molar-refractivity contribution in [3.63, 3.8) is 0 Å². The van der Waals surface area contributed by atoms with E-state index in [9.17, 15) is 9.59 Å². The lowest BCUT2D eigenvalue weighted by atomic mass is 10.1. The van der Waals surface area contributed by atoms with Crippen LogP contribution in [0.2, 0.25) is 0 Å². The van der Waals surface area contributed by atoms with E-state index in [1.807, 2.05) is 0 Å². The van der Waals surface area contributed by atoms with Crippen molar-refractivity contribution in [1.29, 1.82) is 0 Å². The largest absolute Gasteiger partial charge is 0.481 e. The van der Waals surface area contributed by atoms with Crippen molar-refractivity contribution in [3.8, 4) is 0 Å². The van der Waals surface area contributed by atoms with Crippen LogP contribution in [-0.2, 0) is 19.1 Å². The van der Waals surface area contributed by atoms with Gasteiger partial charge < -0.3 is 14.6 Å². The predicted molar refractivity (Wildman–Crippen MR) is 62.7 cm³/mol. The zero-order chi connectivity index (χ0) is 13.3. The Bertz CT molecular complexity index is 281. The first-order valence-corrected chi connectivity index (χ1v) is 5.56. The molecule has 0 saturated heterocycles. The molecule has 5 heteroatoms. The summed E-state index contributed by atoms with van der Waals surface area (Å²) < 4.78 is 10.1. The monoisotopic (exact) mass is 244 g/mol. The molecular weight excluding hydrogens is 224 g/mol. The molecular formula is C12H20O5. The number of hydrogen-bond donors (Lipinski definition) is 1. The maximum Gasteiger partial charge on any atom is 0.330 e. The number of rotatable bonds is 8. The number of esters is 1. The van der Waals surface area contributed by atoms with Gasteiger partial charge >= 0.3 is 11.9 Å². The molecule has 0 rings (SSSR count). The van der Waals surface area contributed by atoms with Gasteiger partial charge in [-0.1, -0.05) is 6.08 Å². The van der Waals surface area contributed by atoms with Gasteiger partial charge in [-0.25, -0.2) is 4.79 Å². The topological polar surface area (TPSA) is 72.8 Å². The summed E-state index contributed by atoms with van der Waals surface area (Å²) in [5.74, 6) is -1.27. The molecule has 0 aliphatic heterocycles. The van der Waals surface area contributed by atoms with E-state index in [0.717, 1.165) is 0 Å². The minimum absolute atomic E-state index is 0.0470. The quantitative estimate of drug-likeness (QED) is 0.400. The first-order valence-electron chi connectivity index (χ1n) is 5.56. The van der Waals surface area contributed by atoms with Crippen molar-refractivity contribution in [1.82, 2.24) is 0 Å². The second-order valence-electron chi connectivity index (χ2n) is 4.12. The minimum Gasteiger partial charge on any atom is -0.481 e. The van der Waals surface area contributed by atoms with Crippen LogP contribution < -0.4 is 0 Å². The van der Waals surface area contributed by atoms with E-state index in [2.05, 4.69) is 0 Å². The summed E-state index contributed by atoms with van der Waals surface area (Å²) in [6, 6.07) is 0. The number of aliphatic carboxylic acids is 1. The molecule has 0 bridgehead atoms. The first-order chi connectivity index (χ1) is 7.87. The zero-order valence-electron chi connectivity index (χ0n) is 10.6. The van der Waals surface area contributed by atoms with Crippen LogP contribution in [0.5, 0.6) is 0 Å². The smallest absolute Gasteiger partial charge is 0.330 e. The van der Waals surface area contributed by atoms with Crippen molar-refractivity contribution in [3.05, 3.63) is 12.2 Å². The normalized spacial score (nSPS) is 11.7. The van der Waals surface area contributed by atoms with E-state index in [1.165, 1.54) is 6.08 Å². The Balaban J connectivity index is 3.77. The van der Waals surface area contributed by atoms with Gasteiger partial charge in [-0.2, -0.15) is 0 Å². The van der Waals surface area contributed by atoms with Gasteiger partial charge in [0.05, 0.1) is 25.2 Å². The van der Waals surface area contributed by atoms with E-state index < -0.39 is 11.6 Å². The van der Waals surface area contributed by atoms with Gasteiger partial charge in [0, 0.05) is 6.08 Å². The molecule has 17 heavy (non-hydrogen) atoms. The summed E-state index contributed by atoms with van der Waals surface area (Å²) in [4.78, 5) is 21.4. The molecule has 0 radical (unpaired) electrons. The van der Waals surface area contributed by atoms with E-state index in [-0.39, 0.29) is 12.4 Å². The maximum atomic E-state index is 10.9. The van der Waals surface area contributed by atoms with Crippen LogP contribution in [0.25, 0.3) is 0 Å². The van der Waals surface area contributed by atoms with Gasteiger partial charge in [-0.3, -0.25) is 4.79 Å². The lowest BCUT2D eigenvalue weighted by molar-refractivity contribution is -0.143. The van der Waals surface area contributed by atoms with Crippen molar-refractivity contribution in [2.45, 2.75) is 39.2 Å². The zero-order valence-corrected chi connectivity index (χ0v) is 10.6. The van der Waals surface area contributed by atoms with Gasteiger partial charge in [0.1, 0.15) is 0 Å². The molecule has 0 aliphatic carbocycles. The number of ether oxygens (including phenoxy) is 2. The average Bonchev–Trinajstić information content (AvgIpc) is 2.15. The third-order valence-electron chi connectivity index (χ3n) is 1.89. The van der Waals surface area contributed by atoms with Gasteiger partial charge in [0.2, 0.25) is 0 Å². The van der Waals surface area contributed by atoms with E-state index in [4.69, 9.17) is 14.6 Å². The lowest BCUT2D eigenvalue weighted by Gasteiger charge is -2.22. The summed E-state index contributed by atoms with van der Waals surface area (Å²) >= 11 is 0. The molecule has 0 aromatic heterocycles. The van der Waals surface area contributed by atoms with Crippen molar-refractivity contribution < 1.29 is 24.2 Å². The molecule has 0 aliphatic rings. The minimum atomic E-state index is -0.892. The van der Waals surface area contributed by atoms with Crippen molar-refractivity contribution >= 4 is 11.9 Å². The van der Waals surface area contributed by atoms with Gasteiger partial charge in [0.25, 0.3) is 0 Å². The SMILES string of the molecule is CCOC(=O)/C=C/CCOC(C)(C)CC(=O)O. The molecule has 0 atom stereocenters. The van der Waals surface area contributed by atoms with Gasteiger partial charge in [0.15, 0.2) is 0 Å². The fraction of sp³-hybridized carbons (Fsp3) is 0.667. The molecule has 0 unspecified atom stereocenters. The Morgan fingerprint density at radius 3 is 2.53 bits per heavy atom. The molecule has 98 valence electrons. The molecule has 1 N–H and O–H groups in total. The van der Waals surface area contributed by atoms with E-state index in [1.54, 1.807) is 26.8 Å². The second-order valence-corrected chi connectivity index (χ2v) is 4.12. The number of carbonyl (C=O) groups is 2. The summed E-state index contributed by atoms with van der Waals surface area (Å²) in [5.41, 5.74) is -0.691. The van der Waals surface area contributed by atoms with Crippen LogP contribution in [0.4, 0.5) is 0 Å². The van der Waals surface area contributed by atoms with Crippen LogP contribution in [0, 0.1) is 0 Å². The number of hydrogen-bond acceptors (Lipinski definition) is 4. The highest BCUT2D eigenvalue weighted by molar-refractivity contribution is 5.81. The Hall–Kier alpha value is -1.36. The molecule has 5 nitrogen and oxygen atoms in total. The van der Waals surface area contributed by atoms with Crippen LogP contribution >= 0.6 is 0 Å². The molecule has 0 aromatic rings. The van der Waals surface area contributed by atoms with Gasteiger partial charge in [-0.15, -0.1) is 0 Å². The first kappa shape index (κ1) is 15.6. The molecule has 0 saturated carbocycles. The number of carbonyl (C=O) groups excluding carboxylic acids is 1. The Kier molecular flexibility index (Phi) is 7.21. The van der Waals surface area contributed by atoms with Crippen LogP contribution in [-0.4, -0.2) is 35.9 Å². The molecule has 0 spiro atoms. The van der Waals surface area contributed by atoms with E-state index in [0.29, 0.717) is 19.6 Å². The molecule has 0 aromatic carbocycles. The fourth-order valence-electron chi connectivity index (χ4n) is 1.19. The highest BCUT2D eigenvalue weighted by atomic mass is 16.5. The lowest BCUT2D eigenvalue weighted by Crippen LogP contribution is -2.28. The number of carboxylic acids is 1. The highest BCUT2D eigenvalue weighted by Gasteiger charge is 2.21. The Labute approximate surface area is 101 Å². The third-order valence-corrected chi connectivity index (χ3v) is 1.89. The van der Waals surface area contributed by atoms with Crippen molar-refractivity contribution in [2.24, 2.45) is 0 Å². The average molecular weight is 244 g/mol. The molecule has 0 fully saturated rings. The van der Waals surface area contributed by atoms with Crippen LogP contribution in [0.1, 0.15) is 33.6 Å². The summed E-state index contributed by atoms with van der Waals surface area (Å²) in [6.45, 7) is 5.90. The maximum absolute atomic E-state index is 10.9.